The van der Waals surface area contributed by atoms with Gasteiger partial charge in [-0.25, -0.2) is 0 Å². The Bertz CT molecular complexity index is 240. The number of ether oxygens (including phenoxy) is 1. The van der Waals surface area contributed by atoms with Crippen molar-refractivity contribution in [2.24, 2.45) is 0 Å². The number of likely N-dealkylation sites (N-methyl/N-ethyl adjacent to an activating group) is 1. The average Bonchev–Trinajstić information content (AvgIpc) is 3.07. The van der Waals surface area contributed by atoms with E-state index < -0.39 is 0 Å². The summed E-state index contributed by atoms with van der Waals surface area (Å²) in [5, 5.41) is 3.30. The van der Waals surface area contributed by atoms with Gasteiger partial charge in [0.05, 0.1) is 6.61 Å². The topological polar surface area (TPSA) is 41.6 Å². The Kier molecular flexibility index (Phi) is 5.92. The van der Waals surface area contributed by atoms with Gasteiger partial charge in [-0.1, -0.05) is 20.8 Å². The quantitative estimate of drug-likeness (QED) is 0.653. The maximum Gasteiger partial charge on any atom is 0.324 e. The number of carbonyl (C=O) groups is 1. The molecule has 0 saturated heterocycles. The zero-order valence-electron chi connectivity index (χ0n) is 11.5. The summed E-state index contributed by atoms with van der Waals surface area (Å²) < 4.78 is 5.12. The first-order valence-corrected chi connectivity index (χ1v) is 6.75. The van der Waals surface area contributed by atoms with E-state index in [1.165, 1.54) is 12.8 Å². The van der Waals surface area contributed by atoms with Gasteiger partial charge < -0.3 is 10.1 Å². The van der Waals surface area contributed by atoms with Crippen LogP contribution in [0.3, 0.4) is 0 Å². The number of nitrogens with one attached hydrogen (secondary N) is 1. The fraction of sp³-hybridized carbons (Fsp3) is 0.923. The van der Waals surface area contributed by atoms with E-state index in [0.29, 0.717) is 18.7 Å². The molecule has 0 amide bonds. The lowest BCUT2D eigenvalue weighted by molar-refractivity contribution is -0.146. The Morgan fingerprint density at radius 1 is 1.41 bits per heavy atom. The van der Waals surface area contributed by atoms with Gasteiger partial charge in [0.1, 0.15) is 6.04 Å². The highest BCUT2D eigenvalue weighted by Gasteiger charge is 2.32. The van der Waals surface area contributed by atoms with Crippen LogP contribution in [0.15, 0.2) is 0 Å². The van der Waals surface area contributed by atoms with E-state index in [2.05, 4.69) is 31.0 Å². The molecule has 1 saturated carbocycles. The van der Waals surface area contributed by atoms with Crippen molar-refractivity contribution in [1.82, 2.24) is 10.2 Å². The lowest BCUT2D eigenvalue weighted by Gasteiger charge is -2.27. The number of hydrogen-bond acceptors (Lipinski definition) is 4. The van der Waals surface area contributed by atoms with Gasteiger partial charge in [0.15, 0.2) is 0 Å². The molecule has 1 N–H and O–H groups in total. The third-order valence-electron chi connectivity index (χ3n) is 2.99. The van der Waals surface area contributed by atoms with E-state index in [1.54, 1.807) is 0 Å². The summed E-state index contributed by atoms with van der Waals surface area (Å²) in [6.45, 7) is 10.3. The zero-order valence-corrected chi connectivity index (χ0v) is 11.5. The molecule has 100 valence electrons. The number of hydrogen-bond donors (Lipinski definition) is 1. The summed E-state index contributed by atoms with van der Waals surface area (Å²) >= 11 is 0. The molecule has 0 aromatic rings. The predicted molar refractivity (Wildman–Crippen MR) is 69.0 cm³/mol. The molecule has 0 aromatic heterocycles. The molecule has 0 radical (unpaired) electrons. The number of esters is 1. The van der Waals surface area contributed by atoms with Gasteiger partial charge in [0, 0.05) is 18.6 Å². The maximum atomic E-state index is 11.9. The molecule has 1 rings (SSSR count). The van der Waals surface area contributed by atoms with Crippen molar-refractivity contribution in [3.8, 4) is 0 Å². The Labute approximate surface area is 105 Å². The van der Waals surface area contributed by atoms with Gasteiger partial charge in [-0.3, -0.25) is 9.69 Å². The maximum absolute atomic E-state index is 11.9. The fourth-order valence-electron chi connectivity index (χ4n) is 2.05. The van der Waals surface area contributed by atoms with Gasteiger partial charge in [0.2, 0.25) is 0 Å². The van der Waals surface area contributed by atoms with Crippen LogP contribution in [0.1, 0.15) is 40.5 Å². The van der Waals surface area contributed by atoms with Crippen molar-refractivity contribution < 1.29 is 9.53 Å². The smallest absolute Gasteiger partial charge is 0.324 e. The first-order valence-electron chi connectivity index (χ1n) is 6.75. The lowest BCUT2D eigenvalue weighted by Crippen LogP contribution is -2.49. The monoisotopic (exact) mass is 242 g/mol. The number of rotatable bonds is 8. The van der Waals surface area contributed by atoms with Crippen LogP contribution in [0.25, 0.3) is 0 Å². The Balaban J connectivity index is 2.51. The Hall–Kier alpha value is -0.610. The van der Waals surface area contributed by atoms with Crippen LogP contribution >= 0.6 is 0 Å². The van der Waals surface area contributed by atoms with Crippen molar-refractivity contribution in [2.45, 2.75) is 58.7 Å². The molecule has 0 aliphatic heterocycles. The summed E-state index contributed by atoms with van der Waals surface area (Å²) in [5.74, 6) is -0.125. The summed E-state index contributed by atoms with van der Waals surface area (Å²) in [6.07, 6.45) is 2.54. The SMILES string of the molecule is CCOC(=O)C(CN(CC)C1CC1)NC(C)C. The van der Waals surface area contributed by atoms with Crippen molar-refractivity contribution in [3.63, 3.8) is 0 Å². The second-order valence-corrected chi connectivity index (χ2v) is 4.94. The summed E-state index contributed by atoms with van der Waals surface area (Å²) in [7, 11) is 0. The molecule has 1 fully saturated rings. The first-order chi connectivity index (χ1) is 8.08. The molecule has 17 heavy (non-hydrogen) atoms. The normalized spacial score (nSPS) is 17.5. The third-order valence-corrected chi connectivity index (χ3v) is 2.99. The Morgan fingerprint density at radius 3 is 2.47 bits per heavy atom. The van der Waals surface area contributed by atoms with Crippen LogP contribution in [-0.2, 0) is 9.53 Å². The molecular weight excluding hydrogens is 216 g/mol. The first kappa shape index (κ1) is 14.5. The van der Waals surface area contributed by atoms with Crippen molar-refractivity contribution in [3.05, 3.63) is 0 Å². The standard InChI is InChI=1S/C13H26N2O2/c1-5-15(11-7-8-11)9-12(14-10(3)4)13(16)17-6-2/h10-12,14H,5-9H2,1-4H3. The predicted octanol–water partition coefficient (Wildman–Crippen LogP) is 1.40. The van der Waals surface area contributed by atoms with Gasteiger partial charge >= 0.3 is 5.97 Å². The highest BCUT2D eigenvalue weighted by molar-refractivity contribution is 5.76. The van der Waals surface area contributed by atoms with Crippen LogP contribution in [0.4, 0.5) is 0 Å². The molecule has 1 aliphatic rings. The second kappa shape index (κ2) is 6.97. The average molecular weight is 242 g/mol. The number of carbonyl (C=O) groups excluding carboxylic acids is 1. The molecule has 0 aromatic carbocycles. The van der Waals surface area contributed by atoms with Gasteiger partial charge in [-0.05, 0) is 26.3 Å². The van der Waals surface area contributed by atoms with E-state index in [1.807, 2.05) is 6.92 Å². The minimum Gasteiger partial charge on any atom is -0.465 e. The lowest BCUT2D eigenvalue weighted by atomic mass is 10.2. The third kappa shape index (κ3) is 5.04. The molecule has 4 nitrogen and oxygen atoms in total. The van der Waals surface area contributed by atoms with Crippen LogP contribution in [0.5, 0.6) is 0 Å². The van der Waals surface area contributed by atoms with E-state index in [-0.39, 0.29) is 12.0 Å². The highest BCUT2D eigenvalue weighted by Crippen LogP contribution is 2.26. The highest BCUT2D eigenvalue weighted by atomic mass is 16.5. The van der Waals surface area contributed by atoms with Crippen LogP contribution in [0, 0.1) is 0 Å². The molecular formula is C13H26N2O2. The molecule has 1 atom stereocenters. The van der Waals surface area contributed by atoms with Gasteiger partial charge in [-0.15, -0.1) is 0 Å². The van der Waals surface area contributed by atoms with E-state index in [0.717, 1.165) is 13.1 Å². The molecule has 4 heteroatoms. The molecule has 1 aliphatic carbocycles. The summed E-state index contributed by atoms with van der Waals surface area (Å²) in [4.78, 5) is 14.2. The van der Waals surface area contributed by atoms with E-state index in [4.69, 9.17) is 4.74 Å². The Morgan fingerprint density at radius 2 is 2.06 bits per heavy atom. The van der Waals surface area contributed by atoms with Crippen molar-refractivity contribution in [1.29, 1.82) is 0 Å². The van der Waals surface area contributed by atoms with Crippen LogP contribution in [0.2, 0.25) is 0 Å². The molecule has 0 heterocycles. The fourth-order valence-corrected chi connectivity index (χ4v) is 2.05. The number of nitrogens with zero attached hydrogens (tertiary/aromatic N) is 1. The van der Waals surface area contributed by atoms with E-state index >= 15 is 0 Å². The van der Waals surface area contributed by atoms with Crippen molar-refractivity contribution in [2.75, 3.05) is 19.7 Å². The minimum absolute atomic E-state index is 0.125. The minimum atomic E-state index is -0.199. The van der Waals surface area contributed by atoms with Crippen LogP contribution < -0.4 is 5.32 Å². The van der Waals surface area contributed by atoms with E-state index in [9.17, 15) is 4.79 Å². The second-order valence-electron chi connectivity index (χ2n) is 4.94. The molecule has 1 unspecified atom stereocenters. The van der Waals surface area contributed by atoms with Crippen molar-refractivity contribution >= 4 is 5.97 Å². The van der Waals surface area contributed by atoms with Gasteiger partial charge in [0.25, 0.3) is 0 Å². The summed E-state index contributed by atoms with van der Waals surface area (Å²) in [6, 6.07) is 0.781. The van der Waals surface area contributed by atoms with Gasteiger partial charge in [-0.2, -0.15) is 0 Å². The largest absolute Gasteiger partial charge is 0.465 e. The summed E-state index contributed by atoms with van der Waals surface area (Å²) in [5.41, 5.74) is 0. The molecule has 0 spiro atoms. The van der Waals surface area contributed by atoms with Crippen LogP contribution in [-0.4, -0.2) is 48.7 Å². The zero-order chi connectivity index (χ0) is 12.8. The molecule has 0 bridgehead atoms.